The van der Waals surface area contributed by atoms with Crippen molar-refractivity contribution < 1.29 is 13.5 Å². The Morgan fingerprint density at radius 3 is 2.27 bits per heavy atom. The average Bonchev–Trinajstić information content (AvgIpc) is 2.10. The highest BCUT2D eigenvalue weighted by Gasteiger charge is 2.25. The van der Waals surface area contributed by atoms with Gasteiger partial charge in [-0.2, -0.15) is 0 Å². The van der Waals surface area contributed by atoms with E-state index in [9.17, 15) is 8.78 Å². The lowest BCUT2D eigenvalue weighted by Gasteiger charge is -2.21. The van der Waals surface area contributed by atoms with Gasteiger partial charge in [0.25, 0.3) is 0 Å². The smallest absolute Gasteiger partial charge is 0.191 e. The monoisotopic (exact) mass is 279 g/mol. The lowest BCUT2D eigenvalue weighted by molar-refractivity contribution is 0.350. The van der Waals surface area contributed by atoms with E-state index in [1.807, 2.05) is 0 Å². The molecule has 5 heteroatoms. The number of benzene rings is 1. The highest BCUT2D eigenvalue weighted by molar-refractivity contribution is 9.10. The molecule has 0 radical (unpaired) electrons. The van der Waals surface area contributed by atoms with E-state index in [0.717, 1.165) is 0 Å². The summed E-state index contributed by atoms with van der Waals surface area (Å²) >= 11 is 2.99. The largest absolute Gasteiger partial charge is 0.491 e. The van der Waals surface area contributed by atoms with Gasteiger partial charge in [-0.1, -0.05) is 0 Å². The summed E-state index contributed by atoms with van der Waals surface area (Å²) in [6.45, 7) is 3.27. The Bertz CT molecular complexity index is 388. The minimum Gasteiger partial charge on any atom is -0.491 e. The maximum absolute atomic E-state index is 13.7. The Balaban J connectivity index is 3.51. The zero-order valence-electron chi connectivity index (χ0n) is 8.70. The molecule has 0 saturated carbocycles. The molecular weight excluding hydrogens is 268 g/mol. The topological polar surface area (TPSA) is 35.2 Å². The quantitative estimate of drug-likeness (QED) is 0.845. The second-order valence-corrected chi connectivity index (χ2v) is 4.64. The molecule has 0 atom stereocenters. The molecule has 1 aromatic carbocycles. The fourth-order valence-electron chi connectivity index (χ4n) is 1.23. The number of rotatable bonds is 2. The molecule has 2 N–H and O–H groups in total. The van der Waals surface area contributed by atoms with Gasteiger partial charge in [0.2, 0.25) is 0 Å². The summed E-state index contributed by atoms with van der Waals surface area (Å²) in [5, 5.41) is 0. The SMILES string of the molecule is COc1c(F)c(Br)cc(C(C)(C)N)c1F. The first-order valence-electron chi connectivity index (χ1n) is 4.30. The van der Waals surface area contributed by atoms with Crippen molar-refractivity contribution in [1.82, 2.24) is 0 Å². The van der Waals surface area contributed by atoms with Crippen LogP contribution < -0.4 is 10.5 Å². The maximum Gasteiger partial charge on any atom is 0.191 e. The van der Waals surface area contributed by atoms with Crippen LogP contribution in [0.15, 0.2) is 10.5 Å². The van der Waals surface area contributed by atoms with Gasteiger partial charge in [0.05, 0.1) is 11.6 Å². The molecular formula is C10H12BrF2NO. The van der Waals surface area contributed by atoms with Crippen molar-refractivity contribution in [3.63, 3.8) is 0 Å². The Kier molecular flexibility index (Phi) is 3.35. The molecule has 0 unspecified atom stereocenters. The van der Waals surface area contributed by atoms with Crippen LogP contribution in [-0.2, 0) is 5.54 Å². The maximum atomic E-state index is 13.7. The van der Waals surface area contributed by atoms with Crippen LogP contribution in [0.3, 0.4) is 0 Å². The van der Waals surface area contributed by atoms with Crippen molar-refractivity contribution >= 4 is 15.9 Å². The van der Waals surface area contributed by atoms with Crippen LogP contribution in [-0.4, -0.2) is 7.11 Å². The van der Waals surface area contributed by atoms with Gasteiger partial charge in [0.1, 0.15) is 0 Å². The molecule has 0 aromatic heterocycles. The molecule has 0 fully saturated rings. The summed E-state index contributed by atoms with van der Waals surface area (Å²) in [5.74, 6) is -1.94. The molecule has 1 rings (SSSR count). The first-order chi connectivity index (χ1) is 6.79. The highest BCUT2D eigenvalue weighted by Crippen LogP contribution is 2.34. The molecule has 0 amide bonds. The first kappa shape index (κ1) is 12.4. The molecule has 15 heavy (non-hydrogen) atoms. The second-order valence-electron chi connectivity index (χ2n) is 3.79. The molecule has 0 saturated heterocycles. The Hall–Kier alpha value is -0.680. The van der Waals surface area contributed by atoms with E-state index >= 15 is 0 Å². The standard InChI is InChI=1S/C10H12BrF2NO/c1-10(2,14)5-4-6(11)8(13)9(15-3)7(5)12/h4H,14H2,1-3H3. The van der Waals surface area contributed by atoms with E-state index in [1.54, 1.807) is 13.8 Å². The van der Waals surface area contributed by atoms with E-state index in [2.05, 4.69) is 20.7 Å². The minimum absolute atomic E-state index is 0.134. The molecule has 0 bridgehead atoms. The summed E-state index contributed by atoms with van der Waals surface area (Å²) in [6.07, 6.45) is 0. The van der Waals surface area contributed by atoms with E-state index < -0.39 is 22.9 Å². The van der Waals surface area contributed by atoms with Gasteiger partial charge in [-0.15, -0.1) is 0 Å². The fraction of sp³-hybridized carbons (Fsp3) is 0.400. The lowest BCUT2D eigenvalue weighted by atomic mass is 9.95. The molecule has 1 aromatic rings. The molecule has 2 nitrogen and oxygen atoms in total. The number of hydrogen-bond acceptors (Lipinski definition) is 2. The van der Waals surface area contributed by atoms with Crippen LogP contribution in [0.5, 0.6) is 5.75 Å². The van der Waals surface area contributed by atoms with Crippen molar-refractivity contribution in [3.05, 3.63) is 27.7 Å². The molecule has 0 aliphatic heterocycles. The summed E-state index contributed by atoms with van der Waals surface area (Å²) in [5.41, 5.74) is 5.07. The van der Waals surface area contributed by atoms with E-state index in [4.69, 9.17) is 5.73 Å². The number of nitrogens with two attached hydrogens (primary N) is 1. The van der Waals surface area contributed by atoms with Gasteiger partial charge in [0, 0.05) is 11.1 Å². The summed E-state index contributed by atoms with van der Waals surface area (Å²) in [7, 11) is 1.21. The van der Waals surface area contributed by atoms with Gasteiger partial charge in [-0.05, 0) is 35.8 Å². The first-order valence-corrected chi connectivity index (χ1v) is 5.09. The normalized spacial score (nSPS) is 11.7. The van der Waals surface area contributed by atoms with Crippen LogP contribution >= 0.6 is 15.9 Å². The molecule has 0 heterocycles. The molecule has 0 spiro atoms. The highest BCUT2D eigenvalue weighted by atomic mass is 79.9. The van der Waals surface area contributed by atoms with Crippen LogP contribution in [0.25, 0.3) is 0 Å². The Morgan fingerprint density at radius 1 is 1.33 bits per heavy atom. The van der Waals surface area contributed by atoms with Crippen molar-refractivity contribution in [1.29, 1.82) is 0 Å². The van der Waals surface area contributed by atoms with Crippen molar-refractivity contribution in [3.8, 4) is 5.75 Å². The lowest BCUT2D eigenvalue weighted by Crippen LogP contribution is -2.30. The third-order valence-electron chi connectivity index (χ3n) is 2.01. The predicted molar refractivity (Wildman–Crippen MR) is 57.8 cm³/mol. The minimum atomic E-state index is -0.895. The average molecular weight is 280 g/mol. The Morgan fingerprint density at radius 2 is 1.87 bits per heavy atom. The zero-order chi connectivity index (χ0) is 11.8. The third-order valence-corrected chi connectivity index (χ3v) is 2.59. The number of halogens is 3. The van der Waals surface area contributed by atoms with Crippen LogP contribution in [0.1, 0.15) is 19.4 Å². The van der Waals surface area contributed by atoms with Gasteiger partial charge in [0.15, 0.2) is 17.4 Å². The van der Waals surface area contributed by atoms with Gasteiger partial charge in [-0.3, -0.25) is 0 Å². The van der Waals surface area contributed by atoms with Crippen molar-refractivity contribution in [2.24, 2.45) is 5.73 Å². The van der Waals surface area contributed by atoms with E-state index in [-0.39, 0.29) is 10.0 Å². The van der Waals surface area contributed by atoms with Crippen LogP contribution in [0, 0.1) is 11.6 Å². The van der Waals surface area contributed by atoms with Crippen molar-refractivity contribution in [2.45, 2.75) is 19.4 Å². The van der Waals surface area contributed by atoms with Crippen LogP contribution in [0.4, 0.5) is 8.78 Å². The second kappa shape index (κ2) is 4.06. The third kappa shape index (κ3) is 2.29. The fourth-order valence-corrected chi connectivity index (χ4v) is 1.64. The van der Waals surface area contributed by atoms with Gasteiger partial charge < -0.3 is 10.5 Å². The zero-order valence-corrected chi connectivity index (χ0v) is 10.3. The molecule has 84 valence electrons. The molecule has 0 aliphatic carbocycles. The number of hydrogen-bond donors (Lipinski definition) is 1. The van der Waals surface area contributed by atoms with E-state index in [1.165, 1.54) is 13.2 Å². The summed E-state index contributed by atoms with van der Waals surface area (Å²) in [6, 6.07) is 1.33. The van der Waals surface area contributed by atoms with E-state index in [0.29, 0.717) is 0 Å². The summed E-state index contributed by atoms with van der Waals surface area (Å²) < 4.78 is 31.9. The number of ether oxygens (including phenoxy) is 1. The number of methoxy groups -OCH3 is 1. The van der Waals surface area contributed by atoms with Gasteiger partial charge in [-0.25, -0.2) is 8.78 Å². The van der Waals surface area contributed by atoms with Gasteiger partial charge >= 0.3 is 0 Å². The molecule has 0 aliphatic rings. The summed E-state index contributed by atoms with van der Waals surface area (Å²) in [4.78, 5) is 0. The predicted octanol–water partition coefficient (Wildman–Crippen LogP) is 2.93. The Labute approximate surface area is 95.5 Å². The van der Waals surface area contributed by atoms with Crippen LogP contribution in [0.2, 0.25) is 0 Å². The van der Waals surface area contributed by atoms with Crippen molar-refractivity contribution in [2.75, 3.05) is 7.11 Å².